The van der Waals surface area contributed by atoms with E-state index in [1.807, 2.05) is 39.0 Å². The second-order valence-corrected chi connectivity index (χ2v) is 8.83. The van der Waals surface area contributed by atoms with Gasteiger partial charge in [-0.2, -0.15) is 0 Å². The summed E-state index contributed by atoms with van der Waals surface area (Å²) in [5.74, 6) is -1.38. The Bertz CT molecular complexity index is 942. The van der Waals surface area contributed by atoms with Crippen molar-refractivity contribution in [2.75, 3.05) is 13.2 Å². The van der Waals surface area contributed by atoms with Crippen LogP contribution in [0.25, 0.3) is 0 Å². The lowest BCUT2D eigenvalue weighted by Gasteiger charge is -2.31. The normalized spacial score (nSPS) is 16.9. The Morgan fingerprint density at radius 1 is 1.18 bits per heavy atom. The van der Waals surface area contributed by atoms with Gasteiger partial charge in [-0.1, -0.05) is 31.5 Å². The third kappa shape index (κ3) is 7.75. The second kappa shape index (κ2) is 12.2. The largest absolute Gasteiger partial charge is 0.493 e. The van der Waals surface area contributed by atoms with Crippen LogP contribution in [0.5, 0.6) is 5.75 Å². The summed E-state index contributed by atoms with van der Waals surface area (Å²) in [6.45, 7) is 9.29. The maximum Gasteiger partial charge on any atom is 0.251 e. The van der Waals surface area contributed by atoms with Crippen LogP contribution in [-0.2, 0) is 11.2 Å². The molecule has 0 bridgehead atoms. The molecular formula is C26H36F2N2O4. The summed E-state index contributed by atoms with van der Waals surface area (Å²) >= 11 is 0. The lowest BCUT2D eigenvalue weighted by atomic mass is 9.96. The molecule has 2 aromatic rings. The zero-order valence-corrected chi connectivity index (χ0v) is 20.5. The number of aliphatic hydroxyl groups excluding tert-OH is 1. The van der Waals surface area contributed by atoms with E-state index in [4.69, 9.17) is 4.74 Å². The molecule has 0 aromatic heterocycles. The highest BCUT2D eigenvalue weighted by Crippen LogP contribution is 2.32. The number of aliphatic hydroxyl groups is 2. The molecule has 1 amide bonds. The van der Waals surface area contributed by atoms with E-state index in [2.05, 4.69) is 10.6 Å². The molecule has 1 aliphatic heterocycles. The van der Waals surface area contributed by atoms with Crippen molar-refractivity contribution < 1.29 is 28.5 Å². The van der Waals surface area contributed by atoms with Crippen LogP contribution in [0.2, 0.25) is 0 Å². The number of fused-ring (bicyclic) bond motifs is 1. The topological polar surface area (TPSA) is 90.8 Å². The molecule has 1 aliphatic rings. The van der Waals surface area contributed by atoms with Gasteiger partial charge in [-0.05, 0) is 51.0 Å². The van der Waals surface area contributed by atoms with Gasteiger partial charge in [0.25, 0.3) is 5.91 Å². The first-order valence-corrected chi connectivity index (χ1v) is 11.7. The van der Waals surface area contributed by atoms with E-state index >= 15 is 0 Å². The Balaban J connectivity index is 0.00000199. The Labute approximate surface area is 200 Å². The summed E-state index contributed by atoms with van der Waals surface area (Å²) in [5.41, 5.74) is 0.697. The fraction of sp³-hybridized carbons (Fsp3) is 0.500. The van der Waals surface area contributed by atoms with Crippen molar-refractivity contribution in [2.45, 2.75) is 71.2 Å². The van der Waals surface area contributed by atoms with Crippen molar-refractivity contribution in [2.24, 2.45) is 0 Å². The molecule has 3 rings (SSSR count). The SMILES string of the molecule is CC.Cc1ccc2c(c1)C(NCC(O)C(Cc1cc(F)cc(F)c1)NC(=O)C(C)(C)O)CCO2. The summed E-state index contributed by atoms with van der Waals surface area (Å²) in [6.07, 6.45) is -0.384. The van der Waals surface area contributed by atoms with E-state index in [1.165, 1.54) is 13.8 Å². The van der Waals surface area contributed by atoms with Crippen molar-refractivity contribution in [1.82, 2.24) is 10.6 Å². The van der Waals surface area contributed by atoms with Gasteiger partial charge in [0, 0.05) is 30.6 Å². The van der Waals surface area contributed by atoms with Crippen molar-refractivity contribution in [3.63, 3.8) is 0 Å². The Morgan fingerprint density at radius 3 is 2.44 bits per heavy atom. The minimum atomic E-state index is -1.67. The van der Waals surface area contributed by atoms with Crippen LogP contribution < -0.4 is 15.4 Å². The van der Waals surface area contributed by atoms with Gasteiger partial charge in [-0.15, -0.1) is 0 Å². The third-order valence-electron chi connectivity index (χ3n) is 5.49. The molecule has 188 valence electrons. The summed E-state index contributed by atoms with van der Waals surface area (Å²) in [4.78, 5) is 12.4. The van der Waals surface area contributed by atoms with E-state index in [-0.39, 0.29) is 24.6 Å². The zero-order valence-electron chi connectivity index (χ0n) is 20.5. The number of carbonyl (C=O) groups excluding carboxylic acids is 1. The average molecular weight is 479 g/mol. The maximum absolute atomic E-state index is 13.6. The van der Waals surface area contributed by atoms with Gasteiger partial charge < -0.3 is 25.6 Å². The van der Waals surface area contributed by atoms with Crippen molar-refractivity contribution in [3.05, 3.63) is 64.7 Å². The van der Waals surface area contributed by atoms with Crippen LogP contribution in [-0.4, -0.2) is 47.0 Å². The molecule has 2 aromatic carbocycles. The molecule has 8 heteroatoms. The van der Waals surface area contributed by atoms with Gasteiger partial charge in [0.1, 0.15) is 23.0 Å². The number of aryl methyl sites for hydroxylation is 1. The molecule has 4 N–H and O–H groups in total. The third-order valence-corrected chi connectivity index (χ3v) is 5.49. The maximum atomic E-state index is 13.6. The molecule has 0 saturated heterocycles. The quantitative estimate of drug-likeness (QED) is 0.466. The van der Waals surface area contributed by atoms with Crippen molar-refractivity contribution in [1.29, 1.82) is 0 Å². The molecular weight excluding hydrogens is 442 g/mol. The monoisotopic (exact) mass is 478 g/mol. The molecule has 3 atom stereocenters. The summed E-state index contributed by atoms with van der Waals surface area (Å²) in [6, 6.07) is 8.06. The predicted octanol–water partition coefficient (Wildman–Crippen LogP) is 3.57. The molecule has 34 heavy (non-hydrogen) atoms. The number of amides is 1. The van der Waals surface area contributed by atoms with Gasteiger partial charge in [0.15, 0.2) is 0 Å². The molecule has 3 unspecified atom stereocenters. The van der Waals surface area contributed by atoms with Crippen LogP contribution in [0.1, 0.15) is 56.8 Å². The number of halogens is 2. The smallest absolute Gasteiger partial charge is 0.251 e. The second-order valence-electron chi connectivity index (χ2n) is 8.83. The molecule has 1 heterocycles. The Morgan fingerprint density at radius 2 is 1.82 bits per heavy atom. The van der Waals surface area contributed by atoms with Gasteiger partial charge in [-0.3, -0.25) is 4.79 Å². The Kier molecular flexibility index (Phi) is 9.97. The van der Waals surface area contributed by atoms with Gasteiger partial charge >= 0.3 is 0 Å². The van der Waals surface area contributed by atoms with E-state index in [9.17, 15) is 23.8 Å². The van der Waals surface area contributed by atoms with E-state index < -0.39 is 35.3 Å². The number of nitrogens with one attached hydrogen (secondary N) is 2. The average Bonchev–Trinajstić information content (AvgIpc) is 2.77. The first-order chi connectivity index (χ1) is 16.0. The minimum absolute atomic E-state index is 0.0111. The number of ether oxygens (including phenoxy) is 1. The number of benzene rings is 2. The molecule has 0 fully saturated rings. The fourth-order valence-electron chi connectivity index (χ4n) is 3.74. The van der Waals surface area contributed by atoms with E-state index in [0.717, 1.165) is 35.1 Å². The standard InChI is InChI=1S/C24H30F2N2O4.C2H6/c1-14-4-5-22-18(8-14)19(6-7-32-22)27-13-21(29)20(28-23(30)24(2,3)31)11-15-9-16(25)12-17(26)10-15;1-2/h4-5,8-10,12,19-21,27,29,31H,6-7,11,13H2,1-3H3,(H,28,30);1-2H3. The van der Waals surface area contributed by atoms with Crippen LogP contribution in [0.15, 0.2) is 36.4 Å². The molecule has 0 radical (unpaired) electrons. The number of hydrogen-bond acceptors (Lipinski definition) is 5. The van der Waals surface area contributed by atoms with Gasteiger partial charge in [-0.25, -0.2) is 8.78 Å². The van der Waals surface area contributed by atoms with Crippen LogP contribution in [0.3, 0.4) is 0 Å². The first kappa shape index (κ1) is 27.7. The lowest BCUT2D eigenvalue weighted by molar-refractivity contribution is -0.138. The fourth-order valence-corrected chi connectivity index (χ4v) is 3.74. The van der Waals surface area contributed by atoms with E-state index in [1.54, 1.807) is 0 Å². The summed E-state index contributed by atoms with van der Waals surface area (Å²) in [5, 5.41) is 26.8. The van der Waals surface area contributed by atoms with Crippen LogP contribution in [0, 0.1) is 18.6 Å². The van der Waals surface area contributed by atoms with Crippen molar-refractivity contribution >= 4 is 5.91 Å². The highest BCUT2D eigenvalue weighted by Gasteiger charge is 2.30. The number of rotatable bonds is 8. The lowest BCUT2D eigenvalue weighted by Crippen LogP contribution is -2.54. The number of carbonyl (C=O) groups is 1. The predicted molar refractivity (Wildman–Crippen MR) is 128 cm³/mol. The van der Waals surface area contributed by atoms with Crippen molar-refractivity contribution in [3.8, 4) is 5.75 Å². The minimum Gasteiger partial charge on any atom is -0.493 e. The van der Waals surface area contributed by atoms with Gasteiger partial charge in [0.05, 0.1) is 18.8 Å². The summed E-state index contributed by atoms with van der Waals surface area (Å²) < 4.78 is 33.0. The molecule has 0 aliphatic carbocycles. The van der Waals surface area contributed by atoms with E-state index in [0.29, 0.717) is 13.0 Å². The highest BCUT2D eigenvalue weighted by atomic mass is 19.1. The zero-order chi connectivity index (χ0) is 25.5. The molecule has 0 spiro atoms. The first-order valence-electron chi connectivity index (χ1n) is 11.7. The van der Waals surface area contributed by atoms with Gasteiger partial charge in [0.2, 0.25) is 0 Å². The molecule has 0 saturated carbocycles. The molecule has 6 nitrogen and oxygen atoms in total. The Hall–Kier alpha value is -2.55. The van der Waals surface area contributed by atoms with Crippen LogP contribution in [0.4, 0.5) is 8.78 Å². The highest BCUT2D eigenvalue weighted by molar-refractivity contribution is 5.84. The number of hydrogen-bond donors (Lipinski definition) is 4. The van der Waals surface area contributed by atoms with Crippen LogP contribution >= 0.6 is 0 Å². The summed E-state index contributed by atoms with van der Waals surface area (Å²) in [7, 11) is 0.